The van der Waals surface area contributed by atoms with E-state index in [4.69, 9.17) is 9.47 Å². The quantitative estimate of drug-likeness (QED) is 0.547. The number of halogens is 4. The molecule has 1 saturated heterocycles. The van der Waals surface area contributed by atoms with E-state index in [1.165, 1.54) is 0 Å². The monoisotopic (exact) mass is 458 g/mol. The molecule has 0 saturated carbocycles. The van der Waals surface area contributed by atoms with Gasteiger partial charge in [0.15, 0.2) is 11.5 Å². The van der Waals surface area contributed by atoms with Gasteiger partial charge in [0.25, 0.3) is 0 Å². The van der Waals surface area contributed by atoms with E-state index < -0.39 is 12.6 Å². The van der Waals surface area contributed by atoms with Crippen molar-refractivity contribution in [2.75, 3.05) is 32.8 Å². The van der Waals surface area contributed by atoms with E-state index in [9.17, 15) is 13.2 Å². The summed E-state index contributed by atoms with van der Waals surface area (Å²) >= 11 is 0. The van der Waals surface area contributed by atoms with Gasteiger partial charge in [0, 0.05) is 38.6 Å². The third kappa shape index (κ3) is 7.91. The van der Waals surface area contributed by atoms with Crippen LogP contribution in [0.25, 0.3) is 0 Å². The molecule has 2 aromatic carbocycles. The van der Waals surface area contributed by atoms with Crippen LogP contribution in [-0.4, -0.2) is 43.9 Å². The van der Waals surface area contributed by atoms with Crippen LogP contribution < -0.4 is 14.8 Å². The van der Waals surface area contributed by atoms with Crippen LogP contribution >= 0.6 is 12.4 Å². The van der Waals surface area contributed by atoms with Crippen LogP contribution in [0.4, 0.5) is 13.2 Å². The van der Waals surface area contributed by atoms with Crippen molar-refractivity contribution >= 4 is 12.4 Å². The van der Waals surface area contributed by atoms with Gasteiger partial charge in [-0.2, -0.15) is 13.2 Å². The van der Waals surface area contributed by atoms with Crippen LogP contribution in [-0.2, 0) is 6.61 Å². The van der Waals surface area contributed by atoms with Gasteiger partial charge in [-0.15, -0.1) is 12.4 Å². The zero-order valence-corrected chi connectivity index (χ0v) is 18.5. The zero-order valence-electron chi connectivity index (χ0n) is 17.7. The van der Waals surface area contributed by atoms with Crippen molar-refractivity contribution < 1.29 is 22.6 Å². The fraction of sp³-hybridized carbons (Fsp3) is 0.478. The van der Waals surface area contributed by atoms with E-state index in [0.29, 0.717) is 24.7 Å². The van der Waals surface area contributed by atoms with Gasteiger partial charge in [-0.25, -0.2) is 0 Å². The highest BCUT2D eigenvalue weighted by Crippen LogP contribution is 2.36. The Balaban J connectivity index is 0.00000341. The molecule has 0 aliphatic carbocycles. The number of hydrogen-bond acceptors (Lipinski definition) is 4. The Morgan fingerprint density at radius 2 is 1.71 bits per heavy atom. The van der Waals surface area contributed by atoms with E-state index in [1.54, 1.807) is 0 Å². The lowest BCUT2D eigenvalue weighted by Crippen LogP contribution is -2.45. The van der Waals surface area contributed by atoms with Gasteiger partial charge in [0.2, 0.25) is 0 Å². The first kappa shape index (κ1) is 25.3. The van der Waals surface area contributed by atoms with E-state index in [1.807, 2.05) is 55.5 Å². The third-order valence-electron chi connectivity index (χ3n) is 5.18. The van der Waals surface area contributed by atoms with Crippen molar-refractivity contribution in [1.29, 1.82) is 0 Å². The highest BCUT2D eigenvalue weighted by Gasteiger charge is 2.31. The first-order valence-electron chi connectivity index (χ1n) is 10.4. The molecule has 1 heterocycles. The molecule has 1 fully saturated rings. The number of nitrogens with zero attached hydrogens (tertiary/aromatic N) is 1. The van der Waals surface area contributed by atoms with Crippen LogP contribution in [0.2, 0.25) is 0 Å². The summed E-state index contributed by atoms with van der Waals surface area (Å²) in [5.41, 5.74) is 1.87. The van der Waals surface area contributed by atoms with Crippen molar-refractivity contribution in [3.05, 3.63) is 59.7 Å². The maximum Gasteiger partial charge on any atom is 0.389 e. The van der Waals surface area contributed by atoms with Gasteiger partial charge < -0.3 is 14.8 Å². The summed E-state index contributed by atoms with van der Waals surface area (Å²) in [6.07, 6.45) is -4.95. The van der Waals surface area contributed by atoms with E-state index >= 15 is 0 Å². The molecular weight excluding hydrogens is 429 g/mol. The lowest BCUT2D eigenvalue weighted by molar-refractivity contribution is -0.138. The summed E-state index contributed by atoms with van der Waals surface area (Å²) in [6.45, 7) is 5.72. The maximum absolute atomic E-state index is 12.9. The van der Waals surface area contributed by atoms with Gasteiger partial charge in [0.1, 0.15) is 6.61 Å². The van der Waals surface area contributed by atoms with E-state index in [2.05, 4.69) is 10.2 Å². The maximum atomic E-state index is 12.9. The highest BCUT2D eigenvalue weighted by atomic mass is 35.5. The number of ether oxygens (including phenoxy) is 2. The van der Waals surface area contributed by atoms with Crippen LogP contribution in [0.3, 0.4) is 0 Å². The number of alkyl halides is 3. The van der Waals surface area contributed by atoms with Gasteiger partial charge in [0.05, 0.1) is 6.61 Å². The molecule has 2 aromatic rings. The van der Waals surface area contributed by atoms with Crippen molar-refractivity contribution in [2.45, 2.75) is 38.6 Å². The molecule has 0 bridgehead atoms. The summed E-state index contributed by atoms with van der Waals surface area (Å²) in [4.78, 5) is 2.12. The van der Waals surface area contributed by atoms with E-state index in [-0.39, 0.29) is 24.9 Å². The number of piperazine rings is 1. The smallest absolute Gasteiger partial charge is 0.389 e. The minimum atomic E-state index is -4.17. The average Bonchev–Trinajstić information content (AvgIpc) is 2.74. The Kier molecular flexibility index (Phi) is 9.93. The summed E-state index contributed by atoms with van der Waals surface area (Å²) in [7, 11) is 0. The van der Waals surface area contributed by atoms with Crippen molar-refractivity contribution in [3.63, 3.8) is 0 Å². The Morgan fingerprint density at radius 3 is 2.35 bits per heavy atom. The molecule has 0 unspecified atom stereocenters. The standard InChI is InChI=1S/C23H29F3N2O2.ClH/c1-2-29-22-16-19(8-9-21(22)30-17-18-6-4-3-5-7-18)20(10-11-23(24,25)26)28-14-12-27-13-15-28;/h3-9,16,20,27H,2,10-15,17H2,1H3;1H/t20-;/m0./s1. The Bertz CT molecular complexity index is 784. The van der Waals surface area contributed by atoms with Crippen LogP contribution in [0, 0.1) is 0 Å². The second-order valence-corrected chi connectivity index (χ2v) is 7.37. The molecule has 31 heavy (non-hydrogen) atoms. The lowest BCUT2D eigenvalue weighted by Gasteiger charge is -2.35. The predicted molar refractivity (Wildman–Crippen MR) is 118 cm³/mol. The molecule has 1 N–H and O–H groups in total. The number of rotatable bonds is 9. The molecule has 0 aromatic heterocycles. The third-order valence-corrected chi connectivity index (χ3v) is 5.18. The molecule has 4 nitrogen and oxygen atoms in total. The molecule has 172 valence electrons. The normalized spacial score (nSPS) is 15.7. The predicted octanol–water partition coefficient (Wildman–Crippen LogP) is 5.37. The minimum Gasteiger partial charge on any atom is -0.490 e. The molecule has 0 radical (unpaired) electrons. The molecule has 0 amide bonds. The SMILES string of the molecule is CCOc1cc([C@H](CCC(F)(F)F)N2CCNCC2)ccc1OCc1ccccc1.Cl. The fourth-order valence-electron chi connectivity index (χ4n) is 3.71. The summed E-state index contributed by atoms with van der Waals surface area (Å²) in [5.74, 6) is 1.16. The molecule has 3 rings (SSSR count). The molecular formula is C23H30ClF3N2O2. The van der Waals surface area contributed by atoms with Crippen molar-refractivity contribution in [2.24, 2.45) is 0 Å². The Labute approximate surface area is 188 Å². The first-order chi connectivity index (χ1) is 14.5. The Hall–Kier alpha value is -1.96. The van der Waals surface area contributed by atoms with Crippen molar-refractivity contribution in [3.8, 4) is 11.5 Å². The molecule has 1 atom stereocenters. The van der Waals surface area contributed by atoms with E-state index in [0.717, 1.165) is 37.3 Å². The average molecular weight is 459 g/mol. The van der Waals surface area contributed by atoms with Crippen LogP contribution in [0.1, 0.15) is 36.9 Å². The van der Waals surface area contributed by atoms with Gasteiger partial charge in [-0.1, -0.05) is 36.4 Å². The zero-order chi connectivity index (χ0) is 21.4. The highest BCUT2D eigenvalue weighted by molar-refractivity contribution is 5.85. The molecule has 0 spiro atoms. The summed E-state index contributed by atoms with van der Waals surface area (Å²) in [6, 6.07) is 15.0. The number of benzene rings is 2. The summed E-state index contributed by atoms with van der Waals surface area (Å²) < 4.78 is 50.6. The van der Waals surface area contributed by atoms with Crippen LogP contribution in [0.15, 0.2) is 48.5 Å². The molecule has 8 heteroatoms. The van der Waals surface area contributed by atoms with Gasteiger partial charge in [-0.3, -0.25) is 4.90 Å². The second-order valence-electron chi connectivity index (χ2n) is 7.37. The first-order valence-corrected chi connectivity index (χ1v) is 10.4. The Morgan fingerprint density at radius 1 is 1.00 bits per heavy atom. The largest absolute Gasteiger partial charge is 0.490 e. The fourth-order valence-corrected chi connectivity index (χ4v) is 3.71. The van der Waals surface area contributed by atoms with Gasteiger partial charge in [-0.05, 0) is 36.6 Å². The molecule has 1 aliphatic rings. The number of hydrogen-bond donors (Lipinski definition) is 1. The van der Waals surface area contributed by atoms with Crippen LogP contribution in [0.5, 0.6) is 11.5 Å². The lowest BCUT2D eigenvalue weighted by atomic mass is 9.98. The minimum absolute atomic E-state index is 0. The summed E-state index contributed by atoms with van der Waals surface area (Å²) in [5, 5.41) is 3.26. The van der Waals surface area contributed by atoms with Crippen molar-refractivity contribution in [1.82, 2.24) is 10.2 Å². The molecule has 1 aliphatic heterocycles. The topological polar surface area (TPSA) is 33.7 Å². The second kappa shape index (κ2) is 12.2. The number of nitrogens with one attached hydrogen (secondary N) is 1. The van der Waals surface area contributed by atoms with Gasteiger partial charge >= 0.3 is 6.18 Å².